The zero-order chi connectivity index (χ0) is 20.8. The smallest absolute Gasteiger partial charge is 0.255 e. The van der Waals surface area contributed by atoms with Gasteiger partial charge in [-0.3, -0.25) is 9.59 Å². The Bertz CT molecular complexity index is 1010. The molecule has 0 aromatic heterocycles. The summed E-state index contributed by atoms with van der Waals surface area (Å²) in [6.45, 7) is 5.97. The van der Waals surface area contributed by atoms with E-state index < -0.39 is 0 Å². The summed E-state index contributed by atoms with van der Waals surface area (Å²) in [6.07, 6.45) is 0. The van der Waals surface area contributed by atoms with Gasteiger partial charge in [-0.1, -0.05) is 29.8 Å². The van der Waals surface area contributed by atoms with Gasteiger partial charge in [0, 0.05) is 21.8 Å². The molecule has 2 amide bonds. The minimum Gasteiger partial charge on any atom is -0.325 e. The van der Waals surface area contributed by atoms with Gasteiger partial charge in [-0.15, -0.1) is 11.8 Å². The Morgan fingerprint density at radius 3 is 2.14 bits per heavy atom. The standard InChI is InChI=1S/C24H24N2O2S/c1-16-5-8-19(9-6-16)24(28)25-20-10-12-21(13-11-20)29-15-23(27)26-22-14-17(2)4-7-18(22)3/h4-14H,15H2,1-3H3,(H,25,28)(H,26,27). The molecule has 0 fully saturated rings. The number of rotatable bonds is 6. The van der Waals surface area contributed by atoms with Crippen LogP contribution in [0, 0.1) is 20.8 Å². The zero-order valence-corrected chi connectivity index (χ0v) is 17.6. The third kappa shape index (κ3) is 5.96. The molecule has 3 aromatic rings. The number of carbonyl (C=O) groups is 2. The van der Waals surface area contributed by atoms with Crippen LogP contribution in [0.3, 0.4) is 0 Å². The van der Waals surface area contributed by atoms with Crippen molar-refractivity contribution in [1.82, 2.24) is 0 Å². The highest BCUT2D eigenvalue weighted by Gasteiger charge is 2.08. The fraction of sp³-hybridized carbons (Fsp3) is 0.167. The van der Waals surface area contributed by atoms with E-state index in [-0.39, 0.29) is 11.8 Å². The van der Waals surface area contributed by atoms with E-state index in [9.17, 15) is 9.59 Å². The van der Waals surface area contributed by atoms with E-state index in [1.54, 1.807) is 0 Å². The van der Waals surface area contributed by atoms with Gasteiger partial charge < -0.3 is 10.6 Å². The molecule has 0 unspecified atom stereocenters. The summed E-state index contributed by atoms with van der Waals surface area (Å²) < 4.78 is 0. The number of carbonyl (C=O) groups excluding carboxylic acids is 2. The van der Waals surface area contributed by atoms with Crippen molar-refractivity contribution in [1.29, 1.82) is 0 Å². The van der Waals surface area contributed by atoms with Gasteiger partial charge in [-0.05, 0) is 74.4 Å². The highest BCUT2D eigenvalue weighted by molar-refractivity contribution is 8.00. The van der Waals surface area contributed by atoms with Gasteiger partial charge in [-0.25, -0.2) is 0 Å². The number of anilines is 2. The van der Waals surface area contributed by atoms with Gasteiger partial charge in [0.05, 0.1) is 5.75 Å². The van der Waals surface area contributed by atoms with Crippen LogP contribution in [0.5, 0.6) is 0 Å². The zero-order valence-electron chi connectivity index (χ0n) is 16.8. The van der Waals surface area contributed by atoms with Crippen molar-refractivity contribution in [3.05, 3.63) is 89.0 Å². The molecule has 3 aromatic carbocycles. The van der Waals surface area contributed by atoms with Crippen molar-refractivity contribution in [3.8, 4) is 0 Å². The van der Waals surface area contributed by atoms with E-state index in [2.05, 4.69) is 10.6 Å². The minimum atomic E-state index is -0.140. The Labute approximate surface area is 175 Å². The van der Waals surface area contributed by atoms with Crippen molar-refractivity contribution in [2.24, 2.45) is 0 Å². The van der Waals surface area contributed by atoms with Crippen LogP contribution in [0.25, 0.3) is 0 Å². The van der Waals surface area contributed by atoms with Gasteiger partial charge in [0.15, 0.2) is 0 Å². The maximum Gasteiger partial charge on any atom is 0.255 e. The summed E-state index contributed by atoms with van der Waals surface area (Å²) in [6, 6.07) is 20.9. The van der Waals surface area contributed by atoms with Crippen molar-refractivity contribution in [2.75, 3.05) is 16.4 Å². The second kappa shape index (κ2) is 9.43. The van der Waals surface area contributed by atoms with E-state index in [0.717, 1.165) is 33.0 Å². The molecule has 0 aliphatic heterocycles. The summed E-state index contributed by atoms with van der Waals surface area (Å²) in [5, 5.41) is 5.85. The number of amides is 2. The Morgan fingerprint density at radius 2 is 1.45 bits per heavy atom. The molecule has 5 heteroatoms. The van der Waals surface area contributed by atoms with Gasteiger partial charge in [0.25, 0.3) is 5.91 Å². The largest absolute Gasteiger partial charge is 0.325 e. The number of aryl methyl sites for hydroxylation is 3. The fourth-order valence-electron chi connectivity index (χ4n) is 2.75. The number of thioether (sulfide) groups is 1. The van der Waals surface area contributed by atoms with Gasteiger partial charge in [0.2, 0.25) is 5.91 Å². The number of nitrogens with one attached hydrogen (secondary N) is 2. The predicted octanol–water partition coefficient (Wildman–Crippen LogP) is 5.59. The third-order valence-corrected chi connectivity index (χ3v) is 5.48. The van der Waals surface area contributed by atoms with Crippen molar-refractivity contribution < 1.29 is 9.59 Å². The predicted molar refractivity (Wildman–Crippen MR) is 121 cm³/mol. The van der Waals surface area contributed by atoms with Gasteiger partial charge >= 0.3 is 0 Å². The monoisotopic (exact) mass is 404 g/mol. The molecule has 0 saturated heterocycles. The summed E-state index contributed by atoms with van der Waals surface area (Å²) in [7, 11) is 0. The molecule has 0 spiro atoms. The van der Waals surface area contributed by atoms with E-state index in [4.69, 9.17) is 0 Å². The summed E-state index contributed by atoms with van der Waals surface area (Å²) in [4.78, 5) is 25.5. The molecule has 0 radical (unpaired) electrons. The third-order valence-electron chi connectivity index (χ3n) is 4.46. The molecule has 0 atom stereocenters. The first-order valence-corrected chi connectivity index (χ1v) is 10.4. The van der Waals surface area contributed by atoms with E-state index >= 15 is 0 Å². The Hall–Kier alpha value is -3.05. The molecule has 2 N–H and O–H groups in total. The molecule has 0 saturated carbocycles. The van der Waals surface area contributed by atoms with Crippen LogP contribution in [-0.4, -0.2) is 17.6 Å². The Morgan fingerprint density at radius 1 is 0.793 bits per heavy atom. The highest BCUT2D eigenvalue weighted by Crippen LogP contribution is 2.22. The lowest BCUT2D eigenvalue weighted by Gasteiger charge is -2.10. The van der Waals surface area contributed by atoms with E-state index in [0.29, 0.717) is 11.3 Å². The maximum atomic E-state index is 12.3. The highest BCUT2D eigenvalue weighted by atomic mass is 32.2. The van der Waals surface area contributed by atoms with Crippen molar-refractivity contribution in [2.45, 2.75) is 25.7 Å². The lowest BCUT2D eigenvalue weighted by Crippen LogP contribution is -2.15. The average molecular weight is 405 g/mol. The lowest BCUT2D eigenvalue weighted by molar-refractivity contribution is -0.113. The van der Waals surface area contributed by atoms with Crippen molar-refractivity contribution in [3.63, 3.8) is 0 Å². The normalized spacial score (nSPS) is 10.4. The first-order chi connectivity index (χ1) is 13.9. The molecule has 0 aliphatic carbocycles. The summed E-state index contributed by atoms with van der Waals surface area (Å²) >= 11 is 1.46. The summed E-state index contributed by atoms with van der Waals surface area (Å²) in [5.41, 5.74) is 5.47. The molecule has 148 valence electrons. The first-order valence-electron chi connectivity index (χ1n) is 9.39. The summed E-state index contributed by atoms with van der Waals surface area (Å²) in [5.74, 6) is 0.140. The molecule has 0 bridgehead atoms. The number of hydrogen-bond acceptors (Lipinski definition) is 3. The molecular formula is C24H24N2O2S. The number of hydrogen-bond donors (Lipinski definition) is 2. The van der Waals surface area contributed by atoms with Gasteiger partial charge in [0.1, 0.15) is 0 Å². The molecule has 4 nitrogen and oxygen atoms in total. The quantitative estimate of drug-likeness (QED) is 0.526. The van der Waals surface area contributed by atoms with E-state index in [1.807, 2.05) is 87.5 Å². The lowest BCUT2D eigenvalue weighted by atomic mass is 10.1. The second-order valence-electron chi connectivity index (χ2n) is 7.00. The SMILES string of the molecule is Cc1ccc(C(=O)Nc2ccc(SCC(=O)Nc3cc(C)ccc3C)cc2)cc1. The molecular weight excluding hydrogens is 380 g/mol. The Balaban J connectivity index is 1.52. The van der Waals surface area contributed by atoms with Crippen LogP contribution in [0.1, 0.15) is 27.0 Å². The van der Waals surface area contributed by atoms with Crippen LogP contribution in [0.15, 0.2) is 71.6 Å². The first kappa shape index (κ1) is 20.7. The minimum absolute atomic E-state index is 0.0412. The van der Waals surface area contributed by atoms with Crippen molar-refractivity contribution >= 4 is 35.0 Å². The second-order valence-corrected chi connectivity index (χ2v) is 8.05. The van der Waals surface area contributed by atoms with Crippen LogP contribution in [0.2, 0.25) is 0 Å². The Kier molecular flexibility index (Phi) is 6.73. The average Bonchev–Trinajstić information content (AvgIpc) is 2.70. The van der Waals surface area contributed by atoms with Crippen LogP contribution < -0.4 is 10.6 Å². The molecule has 0 aliphatic rings. The van der Waals surface area contributed by atoms with Gasteiger partial charge in [-0.2, -0.15) is 0 Å². The fourth-order valence-corrected chi connectivity index (χ4v) is 3.45. The maximum absolute atomic E-state index is 12.3. The van der Waals surface area contributed by atoms with Crippen LogP contribution in [0.4, 0.5) is 11.4 Å². The van der Waals surface area contributed by atoms with Crippen LogP contribution in [-0.2, 0) is 4.79 Å². The number of benzene rings is 3. The van der Waals surface area contributed by atoms with E-state index in [1.165, 1.54) is 11.8 Å². The van der Waals surface area contributed by atoms with Crippen LogP contribution >= 0.6 is 11.8 Å². The topological polar surface area (TPSA) is 58.2 Å². The molecule has 3 rings (SSSR count). The molecule has 0 heterocycles. The molecule has 29 heavy (non-hydrogen) atoms.